The summed E-state index contributed by atoms with van der Waals surface area (Å²) in [7, 11) is 0. The van der Waals surface area contributed by atoms with Gasteiger partial charge in [0, 0.05) is 18.0 Å². The van der Waals surface area contributed by atoms with E-state index in [-0.39, 0.29) is 12.1 Å². The molecule has 0 bridgehead atoms. The Bertz CT molecular complexity index is 637. The molecule has 0 saturated heterocycles. The molecule has 1 aliphatic heterocycles. The molecular formula is C16H14F3NO. The summed E-state index contributed by atoms with van der Waals surface area (Å²) in [6.45, 7) is 0. The number of hydrogen-bond acceptors (Lipinski definition) is 2. The summed E-state index contributed by atoms with van der Waals surface area (Å²) in [5.74, 6) is 0.696. The predicted octanol–water partition coefficient (Wildman–Crippen LogP) is 4.23. The maximum atomic E-state index is 12.6. The number of nitrogens with two attached hydrogens (primary N) is 1. The molecule has 0 fully saturated rings. The van der Waals surface area contributed by atoms with Gasteiger partial charge in [-0.25, -0.2) is 0 Å². The zero-order valence-corrected chi connectivity index (χ0v) is 11.1. The number of fused-ring (bicyclic) bond motifs is 1. The van der Waals surface area contributed by atoms with Crippen LogP contribution in [0.1, 0.15) is 35.3 Å². The lowest BCUT2D eigenvalue weighted by Crippen LogP contribution is -2.24. The van der Waals surface area contributed by atoms with Crippen molar-refractivity contribution in [1.29, 1.82) is 0 Å². The highest BCUT2D eigenvalue weighted by Gasteiger charge is 2.31. The van der Waals surface area contributed by atoms with E-state index in [1.54, 1.807) is 0 Å². The van der Waals surface area contributed by atoms with Crippen LogP contribution >= 0.6 is 0 Å². The molecule has 0 aromatic heterocycles. The van der Waals surface area contributed by atoms with Gasteiger partial charge in [-0.1, -0.05) is 30.3 Å². The van der Waals surface area contributed by atoms with Crippen molar-refractivity contribution < 1.29 is 17.9 Å². The zero-order valence-electron chi connectivity index (χ0n) is 11.1. The van der Waals surface area contributed by atoms with E-state index in [9.17, 15) is 13.2 Å². The maximum absolute atomic E-state index is 12.6. The Kier molecular flexibility index (Phi) is 3.37. The molecule has 0 amide bonds. The molecule has 0 radical (unpaired) electrons. The molecule has 0 saturated carbocycles. The highest BCUT2D eigenvalue weighted by molar-refractivity contribution is 5.39. The van der Waals surface area contributed by atoms with Crippen molar-refractivity contribution in [2.24, 2.45) is 5.73 Å². The zero-order chi connectivity index (χ0) is 15.0. The monoisotopic (exact) mass is 293 g/mol. The average molecular weight is 293 g/mol. The van der Waals surface area contributed by atoms with Gasteiger partial charge < -0.3 is 10.5 Å². The van der Waals surface area contributed by atoms with Gasteiger partial charge in [0.1, 0.15) is 11.9 Å². The molecule has 1 unspecified atom stereocenters. The van der Waals surface area contributed by atoms with E-state index >= 15 is 0 Å². The van der Waals surface area contributed by atoms with Gasteiger partial charge >= 0.3 is 6.18 Å². The molecule has 2 atom stereocenters. The fourth-order valence-corrected chi connectivity index (χ4v) is 2.54. The first-order valence-corrected chi connectivity index (χ1v) is 6.63. The predicted molar refractivity (Wildman–Crippen MR) is 72.8 cm³/mol. The smallest absolute Gasteiger partial charge is 0.416 e. The fraction of sp³-hybridized carbons (Fsp3) is 0.250. The molecule has 0 spiro atoms. The van der Waals surface area contributed by atoms with E-state index in [0.717, 1.165) is 17.7 Å². The SMILES string of the molecule is N[C@@H]1CC(c2ccc(C(F)(F)F)cc2)Oc2ccccc21. The third kappa shape index (κ3) is 2.74. The van der Waals surface area contributed by atoms with Gasteiger partial charge in [-0.05, 0) is 23.8 Å². The lowest BCUT2D eigenvalue weighted by Gasteiger charge is -2.30. The van der Waals surface area contributed by atoms with Crippen LogP contribution in [0.25, 0.3) is 0 Å². The van der Waals surface area contributed by atoms with Gasteiger partial charge in [-0.3, -0.25) is 0 Å². The number of halogens is 3. The molecule has 110 valence electrons. The lowest BCUT2D eigenvalue weighted by molar-refractivity contribution is -0.137. The number of rotatable bonds is 1. The summed E-state index contributed by atoms with van der Waals surface area (Å²) in [5.41, 5.74) is 7.09. The van der Waals surface area contributed by atoms with Crippen molar-refractivity contribution in [1.82, 2.24) is 0 Å². The van der Waals surface area contributed by atoms with Crippen LogP contribution in [0.3, 0.4) is 0 Å². The molecule has 5 heteroatoms. The number of ether oxygens (including phenoxy) is 1. The van der Waals surface area contributed by atoms with E-state index in [4.69, 9.17) is 10.5 Å². The van der Waals surface area contributed by atoms with Crippen LogP contribution in [0.5, 0.6) is 5.75 Å². The van der Waals surface area contributed by atoms with Crippen molar-refractivity contribution in [3.05, 3.63) is 65.2 Å². The van der Waals surface area contributed by atoms with Crippen LogP contribution in [0.2, 0.25) is 0 Å². The molecule has 1 heterocycles. The van der Waals surface area contributed by atoms with Crippen LogP contribution in [0.4, 0.5) is 13.2 Å². The number of hydrogen-bond donors (Lipinski definition) is 1. The summed E-state index contributed by atoms with van der Waals surface area (Å²) >= 11 is 0. The summed E-state index contributed by atoms with van der Waals surface area (Å²) in [5, 5.41) is 0. The molecule has 2 nitrogen and oxygen atoms in total. The Morgan fingerprint density at radius 2 is 1.67 bits per heavy atom. The Balaban J connectivity index is 1.86. The van der Waals surface area contributed by atoms with E-state index < -0.39 is 11.7 Å². The Morgan fingerprint density at radius 1 is 1.00 bits per heavy atom. The van der Waals surface area contributed by atoms with Gasteiger partial charge in [0.05, 0.1) is 5.56 Å². The molecule has 0 aliphatic carbocycles. The molecule has 2 N–H and O–H groups in total. The van der Waals surface area contributed by atoms with Gasteiger partial charge in [0.25, 0.3) is 0 Å². The normalized spacial score (nSPS) is 21.5. The summed E-state index contributed by atoms with van der Waals surface area (Å²) < 4.78 is 43.6. The van der Waals surface area contributed by atoms with Gasteiger partial charge in [0.15, 0.2) is 0 Å². The third-order valence-corrected chi connectivity index (χ3v) is 3.67. The van der Waals surface area contributed by atoms with Crippen LogP contribution in [-0.4, -0.2) is 0 Å². The largest absolute Gasteiger partial charge is 0.485 e. The minimum Gasteiger partial charge on any atom is -0.485 e. The summed E-state index contributed by atoms with van der Waals surface area (Å²) in [6.07, 6.45) is -4.10. The second kappa shape index (κ2) is 5.07. The molecule has 2 aromatic rings. The molecule has 1 aliphatic rings. The van der Waals surface area contributed by atoms with Crippen molar-refractivity contribution in [3.63, 3.8) is 0 Å². The van der Waals surface area contributed by atoms with Crippen molar-refractivity contribution in [2.75, 3.05) is 0 Å². The molecule has 2 aromatic carbocycles. The van der Waals surface area contributed by atoms with Gasteiger partial charge in [-0.15, -0.1) is 0 Å². The summed E-state index contributed by atoms with van der Waals surface area (Å²) in [4.78, 5) is 0. The fourth-order valence-electron chi connectivity index (χ4n) is 2.54. The number of para-hydroxylation sites is 1. The highest BCUT2D eigenvalue weighted by atomic mass is 19.4. The quantitative estimate of drug-likeness (QED) is 0.854. The van der Waals surface area contributed by atoms with Crippen LogP contribution in [0, 0.1) is 0 Å². The molecule has 21 heavy (non-hydrogen) atoms. The van der Waals surface area contributed by atoms with Crippen LogP contribution in [0.15, 0.2) is 48.5 Å². The van der Waals surface area contributed by atoms with E-state index in [2.05, 4.69) is 0 Å². The lowest BCUT2D eigenvalue weighted by atomic mass is 9.93. The number of benzene rings is 2. The molecular weight excluding hydrogens is 279 g/mol. The second-order valence-electron chi connectivity index (χ2n) is 5.11. The topological polar surface area (TPSA) is 35.2 Å². The van der Waals surface area contributed by atoms with Crippen molar-refractivity contribution >= 4 is 0 Å². The van der Waals surface area contributed by atoms with Crippen LogP contribution < -0.4 is 10.5 Å². The van der Waals surface area contributed by atoms with Gasteiger partial charge in [-0.2, -0.15) is 13.2 Å². The first-order chi connectivity index (χ1) is 9.95. The second-order valence-corrected chi connectivity index (χ2v) is 5.11. The third-order valence-electron chi connectivity index (χ3n) is 3.67. The van der Waals surface area contributed by atoms with Gasteiger partial charge in [0.2, 0.25) is 0 Å². The standard InChI is InChI=1S/C16H14F3NO/c17-16(18,19)11-7-5-10(6-8-11)15-9-13(20)12-3-1-2-4-14(12)21-15/h1-8,13,15H,9,20H2/t13-,15?/m1/s1. The molecule has 3 rings (SSSR count). The Labute approximate surface area is 120 Å². The van der Waals surface area contributed by atoms with Crippen molar-refractivity contribution in [3.8, 4) is 5.75 Å². The first kappa shape index (κ1) is 13.9. The summed E-state index contributed by atoms with van der Waals surface area (Å²) in [6, 6.07) is 12.3. The van der Waals surface area contributed by atoms with E-state index in [1.165, 1.54) is 12.1 Å². The number of alkyl halides is 3. The highest BCUT2D eigenvalue weighted by Crippen LogP contribution is 2.40. The van der Waals surface area contributed by atoms with Crippen molar-refractivity contribution in [2.45, 2.75) is 24.7 Å². The maximum Gasteiger partial charge on any atom is 0.416 e. The Morgan fingerprint density at radius 3 is 2.33 bits per heavy atom. The first-order valence-electron chi connectivity index (χ1n) is 6.63. The van der Waals surface area contributed by atoms with Crippen LogP contribution in [-0.2, 0) is 6.18 Å². The average Bonchev–Trinajstić information content (AvgIpc) is 2.46. The van der Waals surface area contributed by atoms with E-state index in [0.29, 0.717) is 17.7 Å². The van der Waals surface area contributed by atoms with E-state index in [1.807, 2.05) is 24.3 Å². The Hall–Kier alpha value is -2.01. The minimum absolute atomic E-state index is 0.178. The minimum atomic E-state index is -4.32.